The number of alkyl carbamates (subject to hydrolysis) is 1. The van der Waals surface area contributed by atoms with Crippen LogP contribution in [0.4, 0.5) is 4.79 Å². The number of aromatic nitrogens is 2. The number of ether oxygens (including phenoxy) is 1. The van der Waals surface area contributed by atoms with E-state index in [9.17, 15) is 9.59 Å². The fraction of sp³-hybridized carbons (Fsp3) is 0.565. The van der Waals surface area contributed by atoms with Gasteiger partial charge in [-0.3, -0.25) is 4.79 Å². The zero-order chi connectivity index (χ0) is 22.5. The van der Waals surface area contributed by atoms with Gasteiger partial charge in [0.1, 0.15) is 5.60 Å². The number of rotatable bonds is 5. The predicted molar refractivity (Wildman–Crippen MR) is 120 cm³/mol. The van der Waals surface area contributed by atoms with E-state index in [1.807, 2.05) is 32.9 Å². The number of nitrogens with zero attached hydrogens (tertiary/aromatic N) is 2. The number of allylic oxidation sites excluding steroid dienone is 4. The highest BCUT2D eigenvalue weighted by Gasteiger charge is 2.42. The summed E-state index contributed by atoms with van der Waals surface area (Å²) in [4.78, 5) is 24.7. The topological polar surface area (TPSA) is 93.2 Å². The van der Waals surface area contributed by atoms with Crippen LogP contribution in [0.5, 0.6) is 0 Å². The molecule has 0 aromatic carbocycles. The van der Waals surface area contributed by atoms with Crippen LogP contribution >= 0.6 is 11.6 Å². The monoisotopic (exact) mass is 446 g/mol. The Morgan fingerprint density at radius 1 is 1.29 bits per heavy atom. The molecule has 0 aliphatic heterocycles. The third-order valence-corrected chi connectivity index (χ3v) is 6.21. The summed E-state index contributed by atoms with van der Waals surface area (Å²) in [5.41, 5.74) is -0.371. The number of carbonyl (C=O) groups excluding carboxylic acids is 2. The maximum Gasteiger partial charge on any atom is 0.407 e. The summed E-state index contributed by atoms with van der Waals surface area (Å²) < 4.78 is 5.43. The Morgan fingerprint density at radius 3 is 2.65 bits per heavy atom. The molecule has 0 spiro atoms. The van der Waals surface area contributed by atoms with Crippen molar-refractivity contribution in [3.63, 3.8) is 0 Å². The second-order valence-corrected chi connectivity index (χ2v) is 9.87. The largest absolute Gasteiger partial charge is 0.444 e. The summed E-state index contributed by atoms with van der Waals surface area (Å²) in [6.07, 6.45) is 11.3. The number of halogens is 1. The molecule has 2 N–H and O–H groups in total. The lowest BCUT2D eigenvalue weighted by atomic mass is 9.63. The lowest BCUT2D eigenvalue weighted by molar-refractivity contribution is 0.0434. The van der Waals surface area contributed by atoms with Crippen molar-refractivity contribution in [1.82, 2.24) is 20.8 Å². The van der Waals surface area contributed by atoms with Crippen molar-refractivity contribution in [1.29, 1.82) is 0 Å². The zero-order valence-electron chi connectivity index (χ0n) is 18.4. The Kier molecular flexibility index (Phi) is 7.36. The average molecular weight is 447 g/mol. The molecule has 1 unspecified atom stereocenters. The summed E-state index contributed by atoms with van der Waals surface area (Å²) in [6.45, 7) is 6.05. The van der Waals surface area contributed by atoms with Gasteiger partial charge in [-0.25, -0.2) is 4.79 Å². The van der Waals surface area contributed by atoms with Crippen molar-refractivity contribution >= 4 is 23.6 Å². The molecule has 0 saturated heterocycles. The van der Waals surface area contributed by atoms with Gasteiger partial charge in [-0.05, 0) is 82.4 Å². The summed E-state index contributed by atoms with van der Waals surface area (Å²) in [5.74, 6) is 0.0117. The molecular weight excluding hydrogens is 416 g/mol. The first-order valence-electron chi connectivity index (χ1n) is 10.8. The molecule has 3 rings (SSSR count). The third-order valence-electron chi connectivity index (χ3n) is 5.93. The normalized spacial score (nSPS) is 26.0. The van der Waals surface area contributed by atoms with Gasteiger partial charge in [0.2, 0.25) is 0 Å². The molecule has 0 radical (unpaired) electrons. The van der Waals surface area contributed by atoms with Crippen molar-refractivity contribution < 1.29 is 14.3 Å². The van der Waals surface area contributed by atoms with Crippen LogP contribution in [0.25, 0.3) is 0 Å². The zero-order valence-corrected chi connectivity index (χ0v) is 19.1. The Bertz CT molecular complexity index is 840. The van der Waals surface area contributed by atoms with E-state index >= 15 is 0 Å². The third kappa shape index (κ3) is 6.53. The van der Waals surface area contributed by atoms with Crippen LogP contribution in [-0.2, 0) is 4.74 Å². The van der Waals surface area contributed by atoms with Crippen molar-refractivity contribution in [3.8, 4) is 0 Å². The smallest absolute Gasteiger partial charge is 0.407 e. The fourth-order valence-corrected chi connectivity index (χ4v) is 4.56. The molecule has 1 atom stereocenters. The van der Waals surface area contributed by atoms with Crippen molar-refractivity contribution in [2.24, 2.45) is 11.3 Å². The standard InChI is InChI=1S/C23H31ClN4O3/c1-22(2,3)31-21(30)25-15-23(16-6-4-7-17(24)14-16)11-9-18(10-12-23)27-20(29)19-8-5-13-26-28-19/h4-8,13,16,18H,9-12,14-15H2,1-3H3,(H,25,30)(H,27,29). The first-order valence-corrected chi connectivity index (χ1v) is 11.1. The minimum Gasteiger partial charge on any atom is -0.444 e. The molecular formula is C23H31ClN4O3. The molecule has 2 amide bonds. The number of carbonyl (C=O) groups is 2. The highest BCUT2D eigenvalue weighted by Crippen LogP contribution is 2.46. The van der Waals surface area contributed by atoms with Crippen LogP contribution < -0.4 is 10.6 Å². The van der Waals surface area contributed by atoms with Crippen molar-refractivity contribution in [3.05, 3.63) is 47.3 Å². The minimum atomic E-state index is -0.545. The van der Waals surface area contributed by atoms with Crippen LogP contribution in [0.1, 0.15) is 63.4 Å². The van der Waals surface area contributed by atoms with Crippen LogP contribution in [0.15, 0.2) is 41.6 Å². The van der Waals surface area contributed by atoms with E-state index < -0.39 is 11.7 Å². The van der Waals surface area contributed by atoms with E-state index in [1.54, 1.807) is 18.3 Å². The van der Waals surface area contributed by atoms with Crippen LogP contribution in [0.3, 0.4) is 0 Å². The molecule has 2 aliphatic carbocycles. The number of hydrogen-bond donors (Lipinski definition) is 2. The Labute approximate surface area is 188 Å². The Morgan fingerprint density at radius 2 is 2.03 bits per heavy atom. The molecule has 31 heavy (non-hydrogen) atoms. The molecule has 1 saturated carbocycles. The van der Waals surface area contributed by atoms with E-state index in [4.69, 9.17) is 16.3 Å². The molecule has 1 aromatic rings. The second-order valence-electron chi connectivity index (χ2n) is 9.38. The minimum absolute atomic E-state index is 0.0581. The van der Waals surface area contributed by atoms with Crippen LogP contribution in [-0.4, -0.2) is 40.4 Å². The fourth-order valence-electron chi connectivity index (χ4n) is 4.32. The summed E-state index contributed by atoms with van der Waals surface area (Å²) in [6, 6.07) is 3.41. The van der Waals surface area contributed by atoms with Gasteiger partial charge < -0.3 is 15.4 Å². The molecule has 1 aromatic heterocycles. The van der Waals surface area contributed by atoms with E-state index in [1.165, 1.54) is 0 Å². The summed E-state index contributed by atoms with van der Waals surface area (Å²) in [5, 5.41) is 14.5. The highest BCUT2D eigenvalue weighted by molar-refractivity contribution is 6.29. The van der Waals surface area contributed by atoms with Crippen LogP contribution in [0.2, 0.25) is 0 Å². The van der Waals surface area contributed by atoms with Gasteiger partial charge in [-0.2, -0.15) is 5.10 Å². The van der Waals surface area contributed by atoms with Gasteiger partial charge in [-0.1, -0.05) is 23.8 Å². The van der Waals surface area contributed by atoms with Gasteiger partial charge in [0.25, 0.3) is 5.91 Å². The number of hydrogen-bond acceptors (Lipinski definition) is 5. The number of nitrogens with one attached hydrogen (secondary N) is 2. The van der Waals surface area contributed by atoms with Crippen molar-refractivity contribution in [2.75, 3.05) is 6.54 Å². The lowest BCUT2D eigenvalue weighted by Gasteiger charge is -2.45. The maximum absolute atomic E-state index is 12.4. The average Bonchev–Trinajstić information content (AvgIpc) is 2.73. The van der Waals surface area contributed by atoms with Crippen LogP contribution in [0, 0.1) is 11.3 Å². The van der Waals surface area contributed by atoms with Gasteiger partial charge in [0, 0.05) is 23.8 Å². The van der Waals surface area contributed by atoms with E-state index in [0.29, 0.717) is 12.2 Å². The molecule has 0 bridgehead atoms. The van der Waals surface area contributed by atoms with Gasteiger partial charge >= 0.3 is 6.09 Å². The molecule has 168 valence electrons. The predicted octanol–water partition coefficient (Wildman–Crippen LogP) is 4.36. The van der Waals surface area contributed by atoms with E-state index in [2.05, 4.69) is 26.9 Å². The first kappa shape index (κ1) is 23.3. The van der Waals surface area contributed by atoms with Gasteiger partial charge in [-0.15, -0.1) is 5.10 Å². The Hall–Kier alpha value is -2.41. The summed E-state index contributed by atoms with van der Waals surface area (Å²) in [7, 11) is 0. The summed E-state index contributed by atoms with van der Waals surface area (Å²) >= 11 is 6.34. The molecule has 8 heteroatoms. The van der Waals surface area contributed by atoms with E-state index in [0.717, 1.165) is 37.1 Å². The molecule has 2 aliphatic rings. The van der Waals surface area contributed by atoms with Crippen molar-refractivity contribution in [2.45, 2.75) is 64.5 Å². The molecule has 7 nitrogen and oxygen atoms in total. The van der Waals surface area contributed by atoms with Gasteiger partial charge in [0.05, 0.1) is 0 Å². The SMILES string of the molecule is CC(C)(C)OC(=O)NCC1(C2C=CC=C(Cl)C2)CCC(NC(=O)c2cccnn2)CC1. The quantitative estimate of drug-likeness (QED) is 0.700. The Balaban J connectivity index is 1.64. The second kappa shape index (κ2) is 9.81. The maximum atomic E-state index is 12.4. The molecule has 1 heterocycles. The van der Waals surface area contributed by atoms with Gasteiger partial charge in [0.15, 0.2) is 5.69 Å². The number of amides is 2. The lowest BCUT2D eigenvalue weighted by Crippen LogP contribution is -2.49. The first-order chi connectivity index (χ1) is 14.7. The highest BCUT2D eigenvalue weighted by atomic mass is 35.5. The molecule has 1 fully saturated rings. The van der Waals surface area contributed by atoms with E-state index in [-0.39, 0.29) is 23.3 Å².